The maximum absolute atomic E-state index is 6.13. The molecule has 0 aromatic heterocycles. The summed E-state index contributed by atoms with van der Waals surface area (Å²) in [5, 5.41) is 5.01. The van der Waals surface area contributed by atoms with Crippen LogP contribution in [0.25, 0.3) is 0 Å². The molecule has 1 nitrogen and oxygen atoms in total. The Morgan fingerprint density at radius 3 is 2.61 bits per heavy atom. The van der Waals surface area contributed by atoms with Gasteiger partial charge in [-0.15, -0.1) is 0 Å². The summed E-state index contributed by atoms with van der Waals surface area (Å²) >= 11 is 12.1. The van der Waals surface area contributed by atoms with Gasteiger partial charge in [-0.3, -0.25) is 0 Å². The second-order valence-electron chi connectivity index (χ2n) is 5.65. The molecule has 1 N–H and O–H groups in total. The van der Waals surface area contributed by atoms with Crippen molar-refractivity contribution in [2.24, 2.45) is 5.92 Å². The van der Waals surface area contributed by atoms with Gasteiger partial charge in [0.1, 0.15) is 0 Å². The first-order valence-electron chi connectivity index (χ1n) is 6.92. The van der Waals surface area contributed by atoms with Gasteiger partial charge in [0.05, 0.1) is 10.0 Å². The van der Waals surface area contributed by atoms with Crippen LogP contribution in [0, 0.1) is 5.92 Å². The Bertz CT molecular complexity index is 429. The van der Waals surface area contributed by atoms with Crippen LogP contribution in [0.2, 0.25) is 10.0 Å². The minimum atomic E-state index is 0.658. The molecule has 0 saturated heterocycles. The van der Waals surface area contributed by atoms with Gasteiger partial charge in [-0.25, -0.2) is 0 Å². The van der Waals surface area contributed by atoms with Gasteiger partial charge in [0, 0.05) is 6.04 Å². The molecule has 98 valence electrons. The van der Waals surface area contributed by atoms with Crippen LogP contribution < -0.4 is 5.32 Å². The fourth-order valence-corrected chi connectivity index (χ4v) is 3.38. The summed E-state index contributed by atoms with van der Waals surface area (Å²) in [5.74, 6) is 1.42. The Kier molecular flexibility index (Phi) is 3.83. The van der Waals surface area contributed by atoms with Crippen molar-refractivity contribution in [2.45, 2.75) is 44.1 Å². The molecule has 0 heterocycles. The van der Waals surface area contributed by atoms with Crippen LogP contribution in [0.15, 0.2) is 18.2 Å². The maximum atomic E-state index is 6.13. The summed E-state index contributed by atoms with van der Waals surface area (Å²) in [6, 6.07) is 6.95. The molecular weight excluding hydrogens is 265 g/mol. The monoisotopic (exact) mass is 283 g/mol. The van der Waals surface area contributed by atoms with E-state index < -0.39 is 0 Å². The lowest BCUT2D eigenvalue weighted by atomic mass is 9.89. The van der Waals surface area contributed by atoms with Gasteiger partial charge in [0.15, 0.2) is 0 Å². The van der Waals surface area contributed by atoms with Crippen LogP contribution in [0.1, 0.15) is 43.6 Å². The minimum absolute atomic E-state index is 0.658. The fourth-order valence-electron chi connectivity index (χ4n) is 3.07. The molecule has 2 fully saturated rings. The summed E-state index contributed by atoms with van der Waals surface area (Å²) in [6.45, 7) is 1.16. The van der Waals surface area contributed by atoms with Gasteiger partial charge in [0.2, 0.25) is 0 Å². The van der Waals surface area contributed by atoms with Crippen LogP contribution in [0.4, 0.5) is 0 Å². The number of halogens is 2. The molecule has 0 bridgehead atoms. The molecule has 3 heteroatoms. The highest BCUT2D eigenvalue weighted by Gasteiger charge is 2.30. The number of nitrogens with one attached hydrogen (secondary N) is 1. The zero-order chi connectivity index (χ0) is 12.5. The van der Waals surface area contributed by atoms with Gasteiger partial charge in [-0.05, 0) is 61.8 Å². The van der Waals surface area contributed by atoms with E-state index in [1.54, 1.807) is 0 Å². The summed E-state index contributed by atoms with van der Waals surface area (Å²) in [7, 11) is 0. The first-order valence-corrected chi connectivity index (χ1v) is 7.68. The fraction of sp³-hybridized carbons (Fsp3) is 0.600. The van der Waals surface area contributed by atoms with Crippen molar-refractivity contribution in [1.29, 1.82) is 0 Å². The molecule has 3 rings (SSSR count). The Labute approximate surface area is 119 Å². The molecule has 18 heavy (non-hydrogen) atoms. The highest BCUT2D eigenvalue weighted by Crippen LogP contribution is 2.41. The number of rotatable bonds is 4. The molecule has 0 aliphatic heterocycles. The average molecular weight is 284 g/mol. The minimum Gasteiger partial charge on any atom is -0.314 e. The van der Waals surface area contributed by atoms with Gasteiger partial charge >= 0.3 is 0 Å². The predicted molar refractivity (Wildman–Crippen MR) is 77.6 cm³/mol. The molecule has 1 aromatic rings. The second kappa shape index (κ2) is 5.40. The van der Waals surface area contributed by atoms with Crippen molar-refractivity contribution < 1.29 is 0 Å². The van der Waals surface area contributed by atoms with Crippen LogP contribution in [-0.4, -0.2) is 12.6 Å². The molecule has 2 unspecified atom stereocenters. The van der Waals surface area contributed by atoms with Crippen molar-refractivity contribution in [3.05, 3.63) is 33.8 Å². The zero-order valence-electron chi connectivity index (χ0n) is 10.5. The van der Waals surface area contributed by atoms with Crippen LogP contribution in [-0.2, 0) is 0 Å². The highest BCUT2D eigenvalue weighted by atomic mass is 35.5. The summed E-state index contributed by atoms with van der Waals surface area (Å²) < 4.78 is 0. The standard InChI is InChI=1S/C15H19Cl2N/c16-14-7-4-10(8-15(14)17)13-3-1-2-11(13)9-18-12-5-6-12/h4,7-8,11-13,18H,1-3,5-6,9H2. The van der Waals surface area contributed by atoms with E-state index in [0.717, 1.165) is 18.5 Å². The van der Waals surface area contributed by atoms with Crippen LogP contribution >= 0.6 is 23.2 Å². The van der Waals surface area contributed by atoms with Crippen LogP contribution in [0.5, 0.6) is 0 Å². The molecule has 0 amide bonds. The van der Waals surface area contributed by atoms with E-state index in [1.807, 2.05) is 6.07 Å². The Morgan fingerprint density at radius 2 is 1.89 bits per heavy atom. The first kappa shape index (κ1) is 12.8. The van der Waals surface area contributed by atoms with Crippen molar-refractivity contribution in [2.75, 3.05) is 6.54 Å². The van der Waals surface area contributed by atoms with E-state index in [4.69, 9.17) is 23.2 Å². The summed E-state index contributed by atoms with van der Waals surface area (Å²) in [4.78, 5) is 0. The quantitative estimate of drug-likeness (QED) is 0.850. The van der Waals surface area contributed by atoms with Crippen LogP contribution in [0.3, 0.4) is 0 Å². The summed E-state index contributed by atoms with van der Waals surface area (Å²) in [5.41, 5.74) is 1.37. The number of hydrogen-bond acceptors (Lipinski definition) is 1. The molecule has 2 aliphatic rings. The van der Waals surface area contributed by atoms with Crippen molar-refractivity contribution in [1.82, 2.24) is 5.32 Å². The lowest BCUT2D eigenvalue weighted by Gasteiger charge is -2.21. The first-order chi connectivity index (χ1) is 8.74. The topological polar surface area (TPSA) is 12.0 Å². The Balaban J connectivity index is 1.70. The van der Waals surface area contributed by atoms with E-state index in [9.17, 15) is 0 Å². The summed E-state index contributed by atoms with van der Waals surface area (Å²) in [6.07, 6.45) is 6.69. The van der Waals surface area contributed by atoms with Gasteiger partial charge in [0.25, 0.3) is 0 Å². The third-order valence-electron chi connectivity index (χ3n) is 4.28. The van der Waals surface area contributed by atoms with E-state index >= 15 is 0 Å². The predicted octanol–water partition coefficient (Wildman–Crippen LogP) is 4.63. The zero-order valence-corrected chi connectivity index (χ0v) is 12.0. The molecule has 2 atom stereocenters. The normalized spacial score (nSPS) is 27.7. The molecular formula is C15H19Cl2N. The lowest BCUT2D eigenvalue weighted by Crippen LogP contribution is -2.26. The largest absolute Gasteiger partial charge is 0.314 e. The number of hydrogen-bond donors (Lipinski definition) is 1. The van der Waals surface area contributed by atoms with Gasteiger partial charge in [-0.2, -0.15) is 0 Å². The lowest BCUT2D eigenvalue weighted by molar-refractivity contribution is 0.443. The van der Waals surface area contributed by atoms with E-state index in [2.05, 4.69) is 17.4 Å². The van der Waals surface area contributed by atoms with Crippen molar-refractivity contribution >= 4 is 23.2 Å². The SMILES string of the molecule is Clc1ccc(C2CCCC2CNC2CC2)cc1Cl. The van der Waals surface area contributed by atoms with E-state index in [-0.39, 0.29) is 0 Å². The molecule has 0 radical (unpaired) electrons. The van der Waals surface area contributed by atoms with E-state index in [0.29, 0.717) is 16.0 Å². The van der Waals surface area contributed by atoms with Gasteiger partial charge in [-0.1, -0.05) is 35.7 Å². The van der Waals surface area contributed by atoms with E-state index in [1.165, 1.54) is 37.7 Å². The average Bonchev–Trinajstić information content (AvgIpc) is 3.08. The van der Waals surface area contributed by atoms with Gasteiger partial charge < -0.3 is 5.32 Å². The Hall–Kier alpha value is -0.240. The molecule has 1 aromatic carbocycles. The third-order valence-corrected chi connectivity index (χ3v) is 5.02. The van der Waals surface area contributed by atoms with Crippen molar-refractivity contribution in [3.8, 4) is 0 Å². The molecule has 0 spiro atoms. The smallest absolute Gasteiger partial charge is 0.0595 e. The molecule has 2 aliphatic carbocycles. The highest BCUT2D eigenvalue weighted by molar-refractivity contribution is 6.42. The maximum Gasteiger partial charge on any atom is 0.0595 e. The Morgan fingerprint density at radius 1 is 1.06 bits per heavy atom. The molecule has 2 saturated carbocycles. The third kappa shape index (κ3) is 2.84. The van der Waals surface area contributed by atoms with Crippen molar-refractivity contribution in [3.63, 3.8) is 0 Å². The number of benzene rings is 1. The second-order valence-corrected chi connectivity index (χ2v) is 6.47.